The molecule has 5 heteroatoms. The number of carbonyl (C=O) groups is 1. The largest absolute Gasteiger partial charge is 0.497 e. The van der Waals surface area contributed by atoms with Crippen molar-refractivity contribution in [2.24, 2.45) is 5.92 Å². The molecule has 1 amide bonds. The van der Waals surface area contributed by atoms with Crippen molar-refractivity contribution in [2.75, 3.05) is 33.9 Å². The fraction of sp³-hybridized carbons (Fsp3) is 0.650. The summed E-state index contributed by atoms with van der Waals surface area (Å²) in [5.41, 5.74) is 1.11. The molecule has 0 spiro atoms. The van der Waals surface area contributed by atoms with Crippen molar-refractivity contribution in [3.8, 4) is 11.5 Å². The molecule has 25 heavy (non-hydrogen) atoms. The van der Waals surface area contributed by atoms with Crippen LogP contribution in [0.4, 0.5) is 0 Å². The summed E-state index contributed by atoms with van der Waals surface area (Å²) in [4.78, 5) is 17.8. The number of likely N-dealkylation sites (tertiary alicyclic amines) is 2. The first kappa shape index (κ1) is 16.7. The molecule has 0 saturated carbocycles. The molecular formula is C20H28N2O3. The van der Waals surface area contributed by atoms with Gasteiger partial charge >= 0.3 is 0 Å². The second-order valence-electron chi connectivity index (χ2n) is 7.62. The van der Waals surface area contributed by atoms with Gasteiger partial charge in [-0.3, -0.25) is 4.79 Å². The quantitative estimate of drug-likeness (QED) is 0.844. The van der Waals surface area contributed by atoms with Crippen LogP contribution in [0.15, 0.2) is 18.2 Å². The Morgan fingerprint density at radius 3 is 2.76 bits per heavy atom. The number of fused-ring (bicyclic) bond motifs is 1. The van der Waals surface area contributed by atoms with Crippen LogP contribution in [-0.4, -0.2) is 61.6 Å². The average molecular weight is 344 g/mol. The van der Waals surface area contributed by atoms with Gasteiger partial charge in [-0.15, -0.1) is 0 Å². The maximum atomic E-state index is 13.2. The number of ether oxygens (including phenoxy) is 2. The third-order valence-corrected chi connectivity index (χ3v) is 6.13. The van der Waals surface area contributed by atoms with Crippen molar-refractivity contribution in [3.05, 3.63) is 23.8 Å². The van der Waals surface area contributed by atoms with Crippen LogP contribution in [0.2, 0.25) is 0 Å². The van der Waals surface area contributed by atoms with Crippen molar-refractivity contribution in [1.29, 1.82) is 0 Å². The Bertz CT molecular complexity index is 648. The van der Waals surface area contributed by atoms with E-state index in [0.717, 1.165) is 49.4 Å². The molecule has 0 N–H and O–H groups in total. The van der Waals surface area contributed by atoms with Gasteiger partial charge in [0, 0.05) is 24.7 Å². The Morgan fingerprint density at radius 1 is 1.20 bits per heavy atom. The molecule has 4 rings (SSSR count). The number of hydrogen-bond donors (Lipinski definition) is 0. The van der Waals surface area contributed by atoms with Crippen LogP contribution in [0.1, 0.15) is 31.2 Å². The second-order valence-corrected chi connectivity index (χ2v) is 7.62. The van der Waals surface area contributed by atoms with E-state index < -0.39 is 0 Å². The van der Waals surface area contributed by atoms with Crippen molar-refractivity contribution < 1.29 is 14.3 Å². The van der Waals surface area contributed by atoms with E-state index in [9.17, 15) is 4.79 Å². The number of carbonyl (C=O) groups excluding carboxylic acids is 1. The van der Waals surface area contributed by atoms with Gasteiger partial charge in [-0.1, -0.05) is 6.07 Å². The van der Waals surface area contributed by atoms with Gasteiger partial charge in [-0.05, 0) is 57.3 Å². The van der Waals surface area contributed by atoms with E-state index in [4.69, 9.17) is 9.47 Å². The molecule has 0 bridgehead atoms. The minimum atomic E-state index is -0.0618. The molecule has 3 heterocycles. The summed E-state index contributed by atoms with van der Waals surface area (Å²) < 4.78 is 11.2. The van der Waals surface area contributed by atoms with Crippen LogP contribution in [0.25, 0.3) is 0 Å². The molecule has 0 radical (unpaired) electrons. The minimum absolute atomic E-state index is 0.0618. The highest BCUT2D eigenvalue weighted by atomic mass is 16.5. The summed E-state index contributed by atoms with van der Waals surface area (Å²) in [5, 5.41) is 0. The van der Waals surface area contributed by atoms with E-state index >= 15 is 0 Å². The molecule has 2 saturated heterocycles. The molecule has 2 fully saturated rings. The molecule has 5 nitrogen and oxygen atoms in total. The van der Waals surface area contributed by atoms with Crippen LogP contribution in [0, 0.1) is 5.92 Å². The Kier molecular flexibility index (Phi) is 4.59. The van der Waals surface area contributed by atoms with Crippen LogP contribution >= 0.6 is 0 Å². The predicted molar refractivity (Wildman–Crippen MR) is 96.1 cm³/mol. The summed E-state index contributed by atoms with van der Waals surface area (Å²) in [6, 6.07) is 6.81. The Labute approximate surface area is 149 Å². The SMILES string of the molecule is COc1ccc2c(c1)OC[C@H](C(=O)N1CCC[C@H]1[C@H]1CCCN1C)C2. The van der Waals surface area contributed by atoms with Crippen molar-refractivity contribution >= 4 is 5.91 Å². The molecule has 0 unspecified atom stereocenters. The Morgan fingerprint density at radius 2 is 2.00 bits per heavy atom. The van der Waals surface area contributed by atoms with E-state index in [2.05, 4.69) is 16.8 Å². The molecule has 0 aromatic heterocycles. The molecule has 136 valence electrons. The Hall–Kier alpha value is -1.75. The fourth-order valence-corrected chi connectivity index (χ4v) is 4.76. The van der Waals surface area contributed by atoms with Crippen LogP contribution in [0.5, 0.6) is 11.5 Å². The summed E-state index contributed by atoms with van der Waals surface area (Å²) in [7, 11) is 3.86. The fourth-order valence-electron chi connectivity index (χ4n) is 4.76. The summed E-state index contributed by atoms with van der Waals surface area (Å²) in [6.45, 7) is 2.54. The lowest BCUT2D eigenvalue weighted by Crippen LogP contribution is -2.50. The van der Waals surface area contributed by atoms with Crippen LogP contribution in [-0.2, 0) is 11.2 Å². The molecule has 3 aliphatic heterocycles. The smallest absolute Gasteiger partial charge is 0.229 e. The molecule has 3 aliphatic rings. The number of nitrogens with zero attached hydrogens (tertiary/aromatic N) is 2. The number of hydrogen-bond acceptors (Lipinski definition) is 4. The van der Waals surface area contributed by atoms with Gasteiger partial charge in [0.1, 0.15) is 18.1 Å². The van der Waals surface area contributed by atoms with E-state index in [1.165, 1.54) is 12.8 Å². The topological polar surface area (TPSA) is 42.0 Å². The highest BCUT2D eigenvalue weighted by Gasteiger charge is 2.41. The predicted octanol–water partition coefficient (Wildman–Crippen LogP) is 2.33. The van der Waals surface area contributed by atoms with E-state index in [-0.39, 0.29) is 11.8 Å². The minimum Gasteiger partial charge on any atom is -0.497 e. The number of amides is 1. The van der Waals surface area contributed by atoms with Gasteiger partial charge < -0.3 is 19.3 Å². The lowest BCUT2D eigenvalue weighted by Gasteiger charge is -2.36. The maximum absolute atomic E-state index is 13.2. The average Bonchev–Trinajstić information content (AvgIpc) is 3.28. The third kappa shape index (κ3) is 3.10. The molecule has 1 aromatic carbocycles. The number of rotatable bonds is 3. The van der Waals surface area contributed by atoms with Crippen molar-refractivity contribution in [2.45, 2.75) is 44.2 Å². The monoisotopic (exact) mass is 344 g/mol. The number of methoxy groups -OCH3 is 1. The zero-order chi connectivity index (χ0) is 17.4. The van der Waals surface area contributed by atoms with Gasteiger partial charge in [0.2, 0.25) is 5.91 Å². The standard InChI is InChI=1S/C20H28N2O3/c1-21-9-3-5-17(21)18-6-4-10-22(18)20(23)15-11-14-7-8-16(24-2)12-19(14)25-13-15/h7-8,12,15,17-18H,3-6,9-11,13H2,1-2H3/t15-,17-,18+/m1/s1. The van der Waals surface area contributed by atoms with Crippen molar-refractivity contribution in [1.82, 2.24) is 9.80 Å². The maximum Gasteiger partial charge on any atom is 0.229 e. The van der Waals surface area contributed by atoms with Crippen LogP contribution < -0.4 is 9.47 Å². The summed E-state index contributed by atoms with van der Waals surface area (Å²) in [6.07, 6.45) is 5.50. The second kappa shape index (κ2) is 6.87. The van der Waals surface area contributed by atoms with Gasteiger partial charge in [-0.2, -0.15) is 0 Å². The lowest BCUT2D eigenvalue weighted by molar-refractivity contribution is -0.138. The summed E-state index contributed by atoms with van der Waals surface area (Å²) >= 11 is 0. The molecule has 3 atom stereocenters. The van der Waals surface area contributed by atoms with E-state index in [0.29, 0.717) is 18.7 Å². The third-order valence-electron chi connectivity index (χ3n) is 6.13. The highest BCUT2D eigenvalue weighted by molar-refractivity contribution is 5.80. The van der Waals surface area contributed by atoms with Crippen LogP contribution in [0.3, 0.4) is 0 Å². The molecule has 0 aliphatic carbocycles. The van der Waals surface area contributed by atoms with Gasteiger partial charge in [0.25, 0.3) is 0 Å². The molecule has 1 aromatic rings. The van der Waals surface area contributed by atoms with E-state index in [1.807, 2.05) is 18.2 Å². The van der Waals surface area contributed by atoms with Gasteiger partial charge in [0.05, 0.1) is 13.0 Å². The van der Waals surface area contributed by atoms with Gasteiger partial charge in [-0.25, -0.2) is 0 Å². The first-order chi connectivity index (χ1) is 12.2. The lowest BCUT2D eigenvalue weighted by atomic mass is 9.94. The van der Waals surface area contributed by atoms with Gasteiger partial charge in [0.15, 0.2) is 0 Å². The number of benzene rings is 1. The molecular weight excluding hydrogens is 316 g/mol. The summed E-state index contributed by atoms with van der Waals surface area (Å²) in [5.74, 6) is 1.88. The zero-order valence-electron chi connectivity index (χ0n) is 15.2. The van der Waals surface area contributed by atoms with E-state index in [1.54, 1.807) is 7.11 Å². The highest BCUT2D eigenvalue weighted by Crippen LogP contribution is 2.34. The normalized spacial score (nSPS) is 29.4. The zero-order valence-corrected chi connectivity index (χ0v) is 15.2. The first-order valence-corrected chi connectivity index (χ1v) is 9.48. The first-order valence-electron chi connectivity index (χ1n) is 9.48. The van der Waals surface area contributed by atoms with Crippen molar-refractivity contribution in [3.63, 3.8) is 0 Å². The Balaban J connectivity index is 1.47. The number of likely N-dealkylation sites (N-methyl/N-ethyl adjacent to an activating group) is 1.